The number of rotatable bonds is 5. The molecule has 0 saturated carbocycles. The highest BCUT2D eigenvalue weighted by Gasteiger charge is 2.27. The van der Waals surface area contributed by atoms with Crippen molar-refractivity contribution in [3.63, 3.8) is 0 Å². The SMILES string of the molecule is [B]c1cnc2[nH]cc(NC(=O)c3cccnc3)c2c1N1CCN(C(=O)CC2CCCN2)CC1. The van der Waals surface area contributed by atoms with Gasteiger partial charge in [-0.1, -0.05) is 5.46 Å². The van der Waals surface area contributed by atoms with E-state index in [-0.39, 0.29) is 11.8 Å². The largest absolute Gasteiger partial charge is 0.368 e. The number of carbonyl (C=O) groups excluding carboxylic acids is 2. The number of aromatic amines is 1. The van der Waals surface area contributed by atoms with Crippen LogP contribution in [0.1, 0.15) is 29.6 Å². The molecule has 168 valence electrons. The van der Waals surface area contributed by atoms with Crippen LogP contribution in [-0.4, -0.2) is 78.3 Å². The van der Waals surface area contributed by atoms with Crippen molar-refractivity contribution in [2.45, 2.75) is 25.3 Å². The van der Waals surface area contributed by atoms with Gasteiger partial charge in [-0.05, 0) is 31.5 Å². The Morgan fingerprint density at radius 2 is 2.06 bits per heavy atom. The number of pyridine rings is 2. The number of fused-ring (bicyclic) bond motifs is 1. The summed E-state index contributed by atoms with van der Waals surface area (Å²) < 4.78 is 0. The van der Waals surface area contributed by atoms with Gasteiger partial charge in [0.25, 0.3) is 5.91 Å². The van der Waals surface area contributed by atoms with Crippen molar-refractivity contribution in [3.8, 4) is 0 Å². The lowest BCUT2D eigenvalue weighted by Crippen LogP contribution is -2.50. The van der Waals surface area contributed by atoms with Gasteiger partial charge in [-0.2, -0.15) is 0 Å². The summed E-state index contributed by atoms with van der Waals surface area (Å²) in [6.07, 6.45) is 9.27. The number of aromatic nitrogens is 3. The second-order valence-electron chi connectivity index (χ2n) is 8.55. The first-order chi connectivity index (χ1) is 16.1. The van der Waals surface area contributed by atoms with Gasteiger partial charge in [0.05, 0.1) is 16.6 Å². The van der Waals surface area contributed by atoms with E-state index in [0.717, 1.165) is 30.5 Å². The molecule has 1 atom stereocenters. The molecule has 2 saturated heterocycles. The third-order valence-corrected chi connectivity index (χ3v) is 6.41. The third kappa shape index (κ3) is 4.43. The summed E-state index contributed by atoms with van der Waals surface area (Å²) in [4.78, 5) is 41.1. The van der Waals surface area contributed by atoms with E-state index in [9.17, 15) is 9.59 Å². The normalized spacial score (nSPS) is 18.6. The van der Waals surface area contributed by atoms with Gasteiger partial charge in [0.2, 0.25) is 5.91 Å². The summed E-state index contributed by atoms with van der Waals surface area (Å²) in [5, 5.41) is 7.11. The van der Waals surface area contributed by atoms with Crippen molar-refractivity contribution in [2.24, 2.45) is 0 Å². The molecule has 2 radical (unpaired) electrons. The molecule has 2 aliphatic rings. The van der Waals surface area contributed by atoms with Crippen molar-refractivity contribution >= 4 is 47.5 Å². The first kappa shape index (κ1) is 21.5. The molecule has 2 amide bonds. The highest BCUT2D eigenvalue weighted by atomic mass is 16.2. The number of nitrogens with zero attached hydrogens (tertiary/aromatic N) is 4. The summed E-state index contributed by atoms with van der Waals surface area (Å²) in [7, 11) is 6.36. The van der Waals surface area contributed by atoms with Gasteiger partial charge in [0, 0.05) is 69.1 Å². The van der Waals surface area contributed by atoms with Crippen LogP contribution in [0, 0.1) is 0 Å². The van der Waals surface area contributed by atoms with Gasteiger partial charge in [-0.25, -0.2) is 4.98 Å². The molecule has 5 rings (SSSR count). The molecule has 1 unspecified atom stereocenters. The fraction of sp³-hybridized carbons (Fsp3) is 0.391. The van der Waals surface area contributed by atoms with Crippen molar-refractivity contribution < 1.29 is 9.59 Å². The maximum absolute atomic E-state index is 12.7. The fourth-order valence-electron chi connectivity index (χ4n) is 4.67. The molecule has 33 heavy (non-hydrogen) atoms. The van der Waals surface area contributed by atoms with Crippen molar-refractivity contribution in [1.29, 1.82) is 0 Å². The van der Waals surface area contributed by atoms with Gasteiger partial charge in [0.15, 0.2) is 0 Å². The molecule has 0 aliphatic carbocycles. The van der Waals surface area contributed by atoms with Gasteiger partial charge < -0.3 is 25.4 Å². The lowest BCUT2D eigenvalue weighted by Gasteiger charge is -2.37. The van der Waals surface area contributed by atoms with E-state index in [0.29, 0.717) is 61.0 Å². The van der Waals surface area contributed by atoms with Crippen LogP contribution in [0.4, 0.5) is 11.4 Å². The van der Waals surface area contributed by atoms with E-state index in [1.807, 2.05) is 4.90 Å². The van der Waals surface area contributed by atoms with E-state index < -0.39 is 0 Å². The monoisotopic (exact) mass is 443 g/mol. The fourth-order valence-corrected chi connectivity index (χ4v) is 4.67. The zero-order chi connectivity index (χ0) is 22.8. The molecule has 0 spiro atoms. The van der Waals surface area contributed by atoms with Gasteiger partial charge in [-0.15, -0.1) is 0 Å². The first-order valence-electron chi connectivity index (χ1n) is 11.3. The van der Waals surface area contributed by atoms with Gasteiger partial charge in [0.1, 0.15) is 13.5 Å². The van der Waals surface area contributed by atoms with E-state index in [4.69, 9.17) is 7.85 Å². The molecule has 2 fully saturated rings. The van der Waals surface area contributed by atoms with Crippen LogP contribution < -0.4 is 21.0 Å². The van der Waals surface area contributed by atoms with Crippen molar-refractivity contribution in [2.75, 3.05) is 42.9 Å². The minimum Gasteiger partial charge on any atom is -0.368 e. The molecule has 3 N–H and O–H groups in total. The lowest BCUT2D eigenvalue weighted by molar-refractivity contribution is -0.131. The van der Waals surface area contributed by atoms with E-state index in [1.54, 1.807) is 30.7 Å². The smallest absolute Gasteiger partial charge is 0.257 e. The zero-order valence-corrected chi connectivity index (χ0v) is 18.4. The minimum atomic E-state index is -0.256. The Labute approximate surface area is 193 Å². The van der Waals surface area contributed by atoms with Crippen LogP contribution in [0.25, 0.3) is 11.0 Å². The van der Waals surface area contributed by atoms with E-state index in [2.05, 4.69) is 30.5 Å². The minimum absolute atomic E-state index is 0.202. The van der Waals surface area contributed by atoms with Crippen molar-refractivity contribution in [3.05, 3.63) is 42.5 Å². The Kier molecular flexibility index (Phi) is 6.00. The molecular weight excluding hydrogens is 417 g/mol. The third-order valence-electron chi connectivity index (χ3n) is 6.41. The zero-order valence-electron chi connectivity index (χ0n) is 18.4. The Morgan fingerprint density at radius 3 is 2.79 bits per heavy atom. The van der Waals surface area contributed by atoms with Crippen LogP contribution in [0.5, 0.6) is 0 Å². The van der Waals surface area contributed by atoms with E-state index in [1.165, 1.54) is 6.20 Å². The Bertz CT molecular complexity index is 1150. The summed E-state index contributed by atoms with van der Waals surface area (Å²) in [5.74, 6) is -0.0544. The molecule has 0 bridgehead atoms. The van der Waals surface area contributed by atoms with Crippen molar-refractivity contribution in [1.82, 2.24) is 25.2 Å². The quantitative estimate of drug-likeness (QED) is 0.504. The van der Waals surface area contributed by atoms with E-state index >= 15 is 0 Å². The molecule has 3 aromatic heterocycles. The Hall–Kier alpha value is -3.40. The number of hydrogen-bond donors (Lipinski definition) is 3. The topological polar surface area (TPSA) is 106 Å². The van der Waals surface area contributed by atoms with Gasteiger partial charge in [-0.3, -0.25) is 14.6 Å². The summed E-state index contributed by atoms with van der Waals surface area (Å²) in [6.45, 7) is 3.59. The second kappa shape index (κ2) is 9.23. The number of amides is 2. The first-order valence-corrected chi connectivity index (χ1v) is 11.3. The number of piperazine rings is 1. The number of H-pyrrole nitrogens is 1. The summed E-state index contributed by atoms with van der Waals surface area (Å²) in [5.41, 5.74) is 3.08. The maximum atomic E-state index is 12.7. The predicted octanol–water partition coefficient (Wildman–Crippen LogP) is 0.795. The van der Waals surface area contributed by atoms with Crippen LogP contribution in [0.15, 0.2) is 36.9 Å². The van der Waals surface area contributed by atoms with Crippen LogP contribution in [0.3, 0.4) is 0 Å². The second-order valence-corrected chi connectivity index (χ2v) is 8.55. The molecular formula is C23H26BN7O2. The van der Waals surface area contributed by atoms with Crippen LogP contribution in [-0.2, 0) is 4.79 Å². The number of carbonyl (C=O) groups is 2. The maximum Gasteiger partial charge on any atom is 0.257 e. The standard InChI is InChI=1S/C23H26BN7O2/c24-17-13-27-22-20(18(14-28-22)29-23(33)15-3-1-5-25-12-15)21(17)31-9-7-30(8-10-31)19(32)11-16-4-2-6-26-16/h1,3,5,12-14,16,26H,2,4,6-11H2,(H,27,28)(H,29,33). The molecule has 2 aliphatic heterocycles. The van der Waals surface area contributed by atoms with Crippen LogP contribution >= 0.6 is 0 Å². The molecule has 3 aromatic rings. The predicted molar refractivity (Wildman–Crippen MR) is 128 cm³/mol. The number of anilines is 2. The van der Waals surface area contributed by atoms with Gasteiger partial charge >= 0.3 is 0 Å². The number of hydrogen-bond acceptors (Lipinski definition) is 6. The molecule has 9 nitrogen and oxygen atoms in total. The summed E-state index contributed by atoms with van der Waals surface area (Å²) in [6, 6.07) is 3.73. The highest BCUT2D eigenvalue weighted by molar-refractivity contribution is 6.38. The molecule has 5 heterocycles. The number of nitrogens with one attached hydrogen (secondary N) is 3. The Balaban J connectivity index is 1.34. The van der Waals surface area contributed by atoms with Crippen LogP contribution in [0.2, 0.25) is 0 Å². The average molecular weight is 443 g/mol. The molecule has 0 aromatic carbocycles. The Morgan fingerprint density at radius 1 is 1.21 bits per heavy atom. The summed E-state index contributed by atoms with van der Waals surface area (Å²) >= 11 is 0. The highest BCUT2D eigenvalue weighted by Crippen LogP contribution is 2.31. The lowest BCUT2D eigenvalue weighted by atomic mass is 9.93. The average Bonchev–Trinajstić information content (AvgIpc) is 3.50. The molecule has 10 heteroatoms.